The molecule has 21 heavy (non-hydrogen) atoms. The Bertz CT molecular complexity index is 462. The first kappa shape index (κ1) is 15.5. The highest BCUT2D eigenvalue weighted by Gasteiger charge is 2.42. The molecule has 116 valence electrons. The second-order valence-electron chi connectivity index (χ2n) is 6.69. The van der Waals surface area contributed by atoms with Gasteiger partial charge in [0.05, 0.1) is 0 Å². The van der Waals surface area contributed by atoms with Crippen molar-refractivity contribution in [3.05, 3.63) is 34.3 Å². The average Bonchev–Trinajstić information content (AvgIpc) is 2.75. The molecule has 1 aromatic carbocycles. The van der Waals surface area contributed by atoms with Gasteiger partial charge in [-0.25, -0.2) is 0 Å². The molecular weight excluding hydrogens is 324 g/mol. The lowest BCUT2D eigenvalue weighted by atomic mass is 9.93. The van der Waals surface area contributed by atoms with Crippen LogP contribution in [-0.2, 0) is 0 Å². The number of hydrogen-bond donors (Lipinski definition) is 1. The van der Waals surface area contributed by atoms with Crippen LogP contribution in [0.5, 0.6) is 0 Å². The monoisotopic (exact) mass is 350 g/mol. The van der Waals surface area contributed by atoms with Crippen LogP contribution in [0.25, 0.3) is 0 Å². The fourth-order valence-corrected chi connectivity index (χ4v) is 4.72. The molecule has 3 unspecified atom stereocenters. The smallest absolute Gasteiger partial charge is 0.0326 e. The Morgan fingerprint density at radius 2 is 2.00 bits per heavy atom. The summed E-state index contributed by atoms with van der Waals surface area (Å²) in [4.78, 5) is 2.80. The standard InChI is InChI=1S/C18H27BrN2/c1-3-9-20-16-11-17-7-8-18(12-16)21(17)13(2)14-5-4-6-15(19)10-14/h4-6,10,13,16-18,20H,3,7-9,11-12H2,1-2H3. The molecule has 2 aliphatic rings. The Labute approximate surface area is 137 Å². The molecular formula is C18H27BrN2. The summed E-state index contributed by atoms with van der Waals surface area (Å²) in [5, 5.41) is 3.75. The van der Waals surface area contributed by atoms with Gasteiger partial charge in [0, 0.05) is 28.6 Å². The van der Waals surface area contributed by atoms with Crippen molar-refractivity contribution in [3.8, 4) is 0 Å². The quantitative estimate of drug-likeness (QED) is 0.840. The maximum absolute atomic E-state index is 3.75. The third kappa shape index (κ3) is 3.35. The minimum absolute atomic E-state index is 0.534. The first-order valence-electron chi connectivity index (χ1n) is 8.45. The van der Waals surface area contributed by atoms with Gasteiger partial charge >= 0.3 is 0 Å². The number of nitrogens with zero attached hydrogens (tertiary/aromatic N) is 1. The van der Waals surface area contributed by atoms with Gasteiger partial charge in [-0.3, -0.25) is 4.90 Å². The molecule has 2 saturated heterocycles. The van der Waals surface area contributed by atoms with Crippen molar-refractivity contribution in [3.63, 3.8) is 0 Å². The van der Waals surface area contributed by atoms with E-state index >= 15 is 0 Å². The number of halogens is 1. The van der Waals surface area contributed by atoms with Crippen LogP contribution < -0.4 is 5.32 Å². The van der Waals surface area contributed by atoms with E-state index in [0.717, 1.165) is 18.1 Å². The third-order valence-corrected chi connectivity index (χ3v) is 5.74. The summed E-state index contributed by atoms with van der Waals surface area (Å²) < 4.78 is 1.19. The molecule has 0 saturated carbocycles. The van der Waals surface area contributed by atoms with Crippen LogP contribution in [0.1, 0.15) is 57.6 Å². The fraction of sp³-hybridized carbons (Fsp3) is 0.667. The molecule has 0 amide bonds. The number of fused-ring (bicyclic) bond motifs is 2. The maximum atomic E-state index is 3.75. The van der Waals surface area contributed by atoms with Crippen LogP contribution in [0, 0.1) is 0 Å². The number of piperidine rings is 1. The van der Waals surface area contributed by atoms with Crippen LogP contribution >= 0.6 is 15.9 Å². The Hall–Kier alpha value is -0.380. The minimum Gasteiger partial charge on any atom is -0.314 e. The van der Waals surface area contributed by atoms with Crippen LogP contribution in [0.4, 0.5) is 0 Å². The molecule has 0 aliphatic carbocycles. The lowest BCUT2D eigenvalue weighted by Crippen LogP contribution is -2.49. The molecule has 3 rings (SSSR count). The number of nitrogens with one attached hydrogen (secondary N) is 1. The van der Waals surface area contributed by atoms with Crippen molar-refractivity contribution in [1.82, 2.24) is 10.2 Å². The van der Waals surface area contributed by atoms with Crippen molar-refractivity contribution in [2.24, 2.45) is 0 Å². The van der Waals surface area contributed by atoms with Crippen molar-refractivity contribution < 1.29 is 0 Å². The Morgan fingerprint density at radius 1 is 1.29 bits per heavy atom. The van der Waals surface area contributed by atoms with Crippen LogP contribution in [0.15, 0.2) is 28.7 Å². The zero-order valence-electron chi connectivity index (χ0n) is 13.2. The summed E-state index contributed by atoms with van der Waals surface area (Å²) in [6.45, 7) is 5.81. The molecule has 2 heterocycles. The van der Waals surface area contributed by atoms with Crippen LogP contribution in [-0.4, -0.2) is 29.6 Å². The topological polar surface area (TPSA) is 15.3 Å². The first-order chi connectivity index (χ1) is 10.2. The third-order valence-electron chi connectivity index (χ3n) is 5.25. The molecule has 2 nitrogen and oxygen atoms in total. The predicted octanol–water partition coefficient (Wildman–Crippen LogP) is 4.51. The average molecular weight is 351 g/mol. The van der Waals surface area contributed by atoms with Gasteiger partial charge in [-0.05, 0) is 63.3 Å². The van der Waals surface area contributed by atoms with Gasteiger partial charge in [-0.15, -0.1) is 0 Å². The zero-order valence-corrected chi connectivity index (χ0v) is 14.8. The minimum atomic E-state index is 0.534. The van der Waals surface area contributed by atoms with E-state index < -0.39 is 0 Å². The van der Waals surface area contributed by atoms with E-state index in [1.807, 2.05) is 0 Å². The van der Waals surface area contributed by atoms with E-state index in [2.05, 4.69) is 64.3 Å². The molecule has 2 fully saturated rings. The van der Waals surface area contributed by atoms with Gasteiger partial charge < -0.3 is 5.32 Å². The van der Waals surface area contributed by atoms with E-state index in [1.165, 1.54) is 48.7 Å². The summed E-state index contributed by atoms with van der Waals surface area (Å²) in [6, 6.07) is 11.7. The van der Waals surface area contributed by atoms with E-state index in [0.29, 0.717) is 6.04 Å². The van der Waals surface area contributed by atoms with Gasteiger partial charge in [-0.2, -0.15) is 0 Å². The van der Waals surface area contributed by atoms with Gasteiger partial charge in [0.1, 0.15) is 0 Å². The Kier molecular flexibility index (Phi) is 5.03. The molecule has 0 aromatic heterocycles. The highest BCUT2D eigenvalue weighted by molar-refractivity contribution is 9.10. The van der Waals surface area contributed by atoms with Gasteiger partial charge in [0.25, 0.3) is 0 Å². The molecule has 2 bridgehead atoms. The molecule has 2 aliphatic heterocycles. The second-order valence-corrected chi connectivity index (χ2v) is 7.60. The van der Waals surface area contributed by atoms with E-state index in [1.54, 1.807) is 0 Å². The fourth-order valence-electron chi connectivity index (χ4n) is 4.30. The highest BCUT2D eigenvalue weighted by atomic mass is 79.9. The molecule has 0 radical (unpaired) electrons. The number of benzene rings is 1. The van der Waals surface area contributed by atoms with Crippen molar-refractivity contribution in [2.75, 3.05) is 6.54 Å². The summed E-state index contributed by atoms with van der Waals surface area (Å²) in [5.74, 6) is 0. The normalized spacial score (nSPS) is 30.5. The Balaban J connectivity index is 1.70. The zero-order chi connectivity index (χ0) is 14.8. The Morgan fingerprint density at radius 3 is 2.62 bits per heavy atom. The first-order valence-corrected chi connectivity index (χ1v) is 9.24. The van der Waals surface area contributed by atoms with Crippen molar-refractivity contribution >= 4 is 15.9 Å². The van der Waals surface area contributed by atoms with Crippen LogP contribution in [0.2, 0.25) is 0 Å². The molecule has 0 spiro atoms. The summed E-state index contributed by atoms with van der Waals surface area (Å²) in [5.41, 5.74) is 1.45. The molecule has 1 aromatic rings. The lowest BCUT2D eigenvalue weighted by molar-refractivity contribution is 0.0771. The van der Waals surface area contributed by atoms with E-state index in [9.17, 15) is 0 Å². The lowest BCUT2D eigenvalue weighted by Gasteiger charge is -2.43. The number of hydrogen-bond acceptors (Lipinski definition) is 2. The van der Waals surface area contributed by atoms with Gasteiger partial charge in [0.15, 0.2) is 0 Å². The second kappa shape index (κ2) is 6.80. The van der Waals surface area contributed by atoms with Gasteiger partial charge in [0.2, 0.25) is 0 Å². The van der Waals surface area contributed by atoms with Crippen molar-refractivity contribution in [1.29, 1.82) is 0 Å². The molecule has 3 heteroatoms. The van der Waals surface area contributed by atoms with E-state index in [-0.39, 0.29) is 0 Å². The highest BCUT2D eigenvalue weighted by Crippen LogP contribution is 2.41. The summed E-state index contributed by atoms with van der Waals surface area (Å²) in [6.07, 6.45) is 6.66. The number of rotatable bonds is 5. The van der Waals surface area contributed by atoms with Crippen LogP contribution in [0.3, 0.4) is 0 Å². The summed E-state index contributed by atoms with van der Waals surface area (Å²) >= 11 is 3.61. The van der Waals surface area contributed by atoms with E-state index in [4.69, 9.17) is 0 Å². The maximum Gasteiger partial charge on any atom is 0.0326 e. The largest absolute Gasteiger partial charge is 0.314 e. The SMILES string of the molecule is CCCNC1CC2CCC(C1)N2C(C)c1cccc(Br)c1. The molecule has 1 N–H and O–H groups in total. The van der Waals surface area contributed by atoms with Gasteiger partial charge in [-0.1, -0.05) is 35.0 Å². The predicted molar refractivity (Wildman–Crippen MR) is 92.5 cm³/mol. The van der Waals surface area contributed by atoms with Crippen molar-refractivity contribution in [2.45, 2.75) is 70.1 Å². The molecule has 3 atom stereocenters. The summed E-state index contributed by atoms with van der Waals surface area (Å²) in [7, 11) is 0.